The summed E-state index contributed by atoms with van der Waals surface area (Å²) in [6, 6.07) is 7.26. The Bertz CT molecular complexity index is 1260. The van der Waals surface area contributed by atoms with Gasteiger partial charge < -0.3 is 24.4 Å². The van der Waals surface area contributed by atoms with Crippen molar-refractivity contribution in [1.29, 1.82) is 0 Å². The van der Waals surface area contributed by atoms with E-state index >= 15 is 0 Å². The van der Waals surface area contributed by atoms with Crippen LogP contribution in [0.4, 0.5) is 17.5 Å². The minimum absolute atomic E-state index is 0.0668. The molecular weight excluding hydrogens is 456 g/mol. The number of nitrogens with zero attached hydrogens (tertiary/aromatic N) is 5. The van der Waals surface area contributed by atoms with E-state index in [9.17, 15) is 9.59 Å². The second kappa shape index (κ2) is 10.4. The maximum Gasteiger partial charge on any atom is 0.293 e. The Hall–Kier alpha value is -3.17. The number of carbonyl (C=O) groups is 1. The van der Waals surface area contributed by atoms with Crippen molar-refractivity contribution in [2.75, 3.05) is 50.1 Å². The van der Waals surface area contributed by atoms with Crippen molar-refractivity contribution in [2.24, 2.45) is 7.05 Å². The van der Waals surface area contributed by atoms with Crippen LogP contribution in [-0.2, 0) is 11.8 Å². The first-order valence-electron chi connectivity index (χ1n) is 11.4. The van der Waals surface area contributed by atoms with Gasteiger partial charge in [-0.1, -0.05) is 18.5 Å². The number of ether oxygens (including phenoxy) is 1. The predicted molar refractivity (Wildman–Crippen MR) is 135 cm³/mol. The minimum Gasteiger partial charge on any atom is -0.480 e. The first-order valence-corrected chi connectivity index (χ1v) is 11.7. The fourth-order valence-electron chi connectivity index (χ4n) is 3.88. The molecule has 1 saturated heterocycles. The summed E-state index contributed by atoms with van der Waals surface area (Å²) in [6.07, 6.45) is 3.02. The van der Waals surface area contributed by atoms with Crippen LogP contribution in [0.25, 0.3) is 10.9 Å². The topological polar surface area (TPSA) is 92.6 Å². The summed E-state index contributed by atoms with van der Waals surface area (Å²) >= 11 is 6.40. The monoisotopic (exact) mass is 484 g/mol. The molecular formula is C24H29ClN6O3. The van der Waals surface area contributed by atoms with Crippen LogP contribution in [0, 0.1) is 0 Å². The number of hydrogen-bond donors (Lipinski definition) is 1. The van der Waals surface area contributed by atoms with E-state index in [1.54, 1.807) is 26.2 Å². The highest BCUT2D eigenvalue weighted by molar-refractivity contribution is 6.32. The van der Waals surface area contributed by atoms with Gasteiger partial charge in [0.15, 0.2) is 17.4 Å². The number of hydrogen-bond acceptors (Lipinski definition) is 8. The lowest BCUT2D eigenvalue weighted by Crippen LogP contribution is -2.30. The van der Waals surface area contributed by atoms with Crippen LogP contribution in [0.2, 0.25) is 5.02 Å². The summed E-state index contributed by atoms with van der Waals surface area (Å²) in [5.74, 6) is 1.23. The first-order chi connectivity index (χ1) is 16.4. The van der Waals surface area contributed by atoms with Crippen LogP contribution >= 0.6 is 11.6 Å². The van der Waals surface area contributed by atoms with Crippen LogP contribution in [0.5, 0.6) is 5.75 Å². The molecule has 3 aromatic rings. The summed E-state index contributed by atoms with van der Waals surface area (Å²) in [6.45, 7) is 5.38. The van der Waals surface area contributed by atoms with Crippen LogP contribution in [0.3, 0.4) is 0 Å². The van der Waals surface area contributed by atoms with E-state index in [0.717, 1.165) is 49.2 Å². The van der Waals surface area contributed by atoms with E-state index in [2.05, 4.69) is 32.1 Å². The fraction of sp³-hybridized carbons (Fsp3) is 0.417. The normalized spacial score (nSPS) is 14.8. The summed E-state index contributed by atoms with van der Waals surface area (Å²) in [5.41, 5.74) is 1.21. The molecule has 9 nitrogen and oxygen atoms in total. The Kier molecular flexibility index (Phi) is 7.33. The Labute approximate surface area is 203 Å². The summed E-state index contributed by atoms with van der Waals surface area (Å²) in [5, 5.41) is 4.48. The zero-order valence-corrected chi connectivity index (χ0v) is 20.4. The van der Waals surface area contributed by atoms with Crippen molar-refractivity contribution in [1.82, 2.24) is 19.4 Å². The van der Waals surface area contributed by atoms with E-state index in [4.69, 9.17) is 16.3 Å². The number of likely N-dealkylation sites (N-methyl/N-ethyl adjacent to an activating group) is 1. The van der Waals surface area contributed by atoms with Gasteiger partial charge in [-0.3, -0.25) is 9.59 Å². The molecule has 0 saturated carbocycles. The Morgan fingerprint density at radius 2 is 2.00 bits per heavy atom. The molecule has 1 aliphatic rings. The minimum atomic E-state index is -0.288. The van der Waals surface area contributed by atoms with Crippen molar-refractivity contribution in [3.63, 3.8) is 0 Å². The maximum atomic E-state index is 12.6. The van der Waals surface area contributed by atoms with E-state index < -0.39 is 0 Å². The largest absolute Gasteiger partial charge is 0.480 e. The lowest BCUT2D eigenvalue weighted by atomic mass is 10.2. The number of fused-ring (bicyclic) bond motifs is 1. The molecule has 0 unspecified atom stereocenters. The quantitative estimate of drug-likeness (QED) is 0.546. The van der Waals surface area contributed by atoms with Gasteiger partial charge in [0, 0.05) is 44.2 Å². The molecule has 1 aromatic carbocycles. The van der Waals surface area contributed by atoms with Gasteiger partial charge in [0.25, 0.3) is 5.56 Å². The Morgan fingerprint density at radius 3 is 2.79 bits per heavy atom. The third kappa shape index (κ3) is 5.31. The molecule has 0 bridgehead atoms. The number of pyridine rings is 1. The maximum absolute atomic E-state index is 12.6. The third-order valence-corrected chi connectivity index (χ3v) is 6.25. The molecule has 1 fully saturated rings. The average Bonchev–Trinajstić information content (AvgIpc) is 3.06. The second-order valence-corrected chi connectivity index (χ2v) is 8.87. The second-order valence-electron chi connectivity index (χ2n) is 8.46. The highest BCUT2D eigenvalue weighted by atomic mass is 35.5. The van der Waals surface area contributed by atoms with Gasteiger partial charge in [0.2, 0.25) is 5.95 Å². The molecule has 1 aliphatic heterocycles. The molecule has 3 heterocycles. The molecule has 1 N–H and O–H groups in total. The third-order valence-electron chi connectivity index (χ3n) is 5.97. The number of halogens is 1. The van der Waals surface area contributed by atoms with Crippen LogP contribution < -0.4 is 20.5 Å². The summed E-state index contributed by atoms with van der Waals surface area (Å²) < 4.78 is 7.01. The number of carbonyl (C=O) groups excluding carboxylic acids is 1. The zero-order chi connectivity index (χ0) is 24.2. The molecule has 0 spiro atoms. The number of anilines is 3. The summed E-state index contributed by atoms with van der Waals surface area (Å²) in [4.78, 5) is 37.8. The molecule has 34 heavy (non-hydrogen) atoms. The molecule has 180 valence electrons. The molecule has 4 rings (SSSR count). The van der Waals surface area contributed by atoms with Gasteiger partial charge in [-0.2, -0.15) is 4.98 Å². The number of Topliss-reactive ketones (excluding diaryl/α,β-unsaturated/α-hetero) is 1. The van der Waals surface area contributed by atoms with Crippen molar-refractivity contribution in [3.05, 3.63) is 45.8 Å². The van der Waals surface area contributed by atoms with Gasteiger partial charge in [0.05, 0.1) is 11.7 Å². The Morgan fingerprint density at radius 1 is 1.18 bits per heavy atom. The van der Waals surface area contributed by atoms with Gasteiger partial charge in [-0.15, -0.1) is 0 Å². The van der Waals surface area contributed by atoms with Crippen LogP contribution in [0.15, 0.2) is 35.3 Å². The van der Waals surface area contributed by atoms with E-state index in [0.29, 0.717) is 23.2 Å². The molecule has 0 radical (unpaired) electrons. The van der Waals surface area contributed by atoms with Gasteiger partial charge in [0.1, 0.15) is 11.6 Å². The predicted octanol–water partition coefficient (Wildman–Crippen LogP) is 3.23. The number of aryl methyl sites for hydroxylation is 1. The number of ketones is 1. The van der Waals surface area contributed by atoms with Gasteiger partial charge >= 0.3 is 0 Å². The molecule has 0 atom stereocenters. The smallest absolute Gasteiger partial charge is 0.293 e. The SMILES string of the molecule is CCC(=O)COc1cc2cc(Nc3nc(N4CCCN(C)CC4)ncc3Cl)ccc2n(C)c1=O. The van der Waals surface area contributed by atoms with Crippen molar-refractivity contribution >= 4 is 45.7 Å². The highest BCUT2D eigenvalue weighted by Crippen LogP contribution is 2.28. The lowest BCUT2D eigenvalue weighted by Gasteiger charge is -2.21. The van der Waals surface area contributed by atoms with Gasteiger partial charge in [-0.05, 0) is 44.3 Å². The number of benzene rings is 1. The number of nitrogens with one attached hydrogen (secondary N) is 1. The molecule has 0 aliphatic carbocycles. The number of aromatic nitrogens is 3. The Balaban J connectivity index is 1.61. The standard InChI is InChI=1S/C24H29ClN6O3/c1-4-18(32)15-34-21-13-16-12-17(6-7-20(16)30(3)23(21)33)27-22-19(25)14-26-24(28-22)31-9-5-8-29(2)10-11-31/h6-7,12-14H,4-5,8-11,15H2,1-3H3,(H,26,27,28). The van der Waals surface area contributed by atoms with E-state index in [-0.39, 0.29) is 23.7 Å². The van der Waals surface area contributed by atoms with Crippen LogP contribution in [0.1, 0.15) is 19.8 Å². The number of rotatable bonds is 7. The van der Waals surface area contributed by atoms with Crippen molar-refractivity contribution < 1.29 is 9.53 Å². The summed E-state index contributed by atoms with van der Waals surface area (Å²) in [7, 11) is 3.80. The molecule has 10 heteroatoms. The lowest BCUT2D eigenvalue weighted by molar-refractivity contribution is -0.120. The van der Waals surface area contributed by atoms with E-state index in [1.165, 1.54) is 4.57 Å². The molecule has 0 amide bonds. The van der Waals surface area contributed by atoms with Crippen molar-refractivity contribution in [2.45, 2.75) is 19.8 Å². The molecule has 2 aromatic heterocycles. The highest BCUT2D eigenvalue weighted by Gasteiger charge is 2.17. The average molecular weight is 485 g/mol. The van der Waals surface area contributed by atoms with Crippen molar-refractivity contribution in [3.8, 4) is 5.75 Å². The van der Waals surface area contributed by atoms with Gasteiger partial charge in [-0.25, -0.2) is 4.98 Å². The van der Waals surface area contributed by atoms with E-state index in [1.807, 2.05) is 18.2 Å². The van der Waals surface area contributed by atoms with Crippen LogP contribution in [-0.4, -0.2) is 65.1 Å². The zero-order valence-electron chi connectivity index (χ0n) is 19.7. The first kappa shape index (κ1) is 24.0. The fourth-order valence-corrected chi connectivity index (χ4v) is 4.01.